The Kier molecular flexibility index (Phi) is 8.05. The van der Waals surface area contributed by atoms with E-state index in [0.29, 0.717) is 45.8 Å². The first-order valence-corrected chi connectivity index (χ1v) is 15.0. The number of anilines is 2. The Bertz CT molecular complexity index is 1570. The van der Waals surface area contributed by atoms with Gasteiger partial charge in [-0.2, -0.15) is 5.26 Å². The van der Waals surface area contributed by atoms with Crippen molar-refractivity contribution < 1.29 is 9.59 Å². The summed E-state index contributed by atoms with van der Waals surface area (Å²) in [5.74, 6) is 0.160. The molecule has 0 spiro atoms. The number of nitriles is 1. The third-order valence-electron chi connectivity index (χ3n) is 7.07. The first-order valence-electron chi connectivity index (χ1n) is 13.2. The highest BCUT2D eigenvalue weighted by atomic mass is 32.2. The Balaban J connectivity index is 1.42. The SMILES string of the molecule is Cc1cccc(NC(=O)CSc2nnc(N3C(N)=C(C#N)C(c4ccc(C(C)C)cc4)C4=C3CCCC4=O)s2)c1. The number of carbonyl (C=O) groups excluding carboxylic acids is 2. The van der Waals surface area contributed by atoms with E-state index >= 15 is 0 Å². The van der Waals surface area contributed by atoms with E-state index in [4.69, 9.17) is 5.73 Å². The van der Waals surface area contributed by atoms with Crippen LogP contribution in [-0.4, -0.2) is 27.6 Å². The van der Waals surface area contributed by atoms with Crippen LogP contribution in [0.5, 0.6) is 0 Å². The van der Waals surface area contributed by atoms with Crippen molar-refractivity contribution >= 4 is 45.6 Å². The van der Waals surface area contributed by atoms with Crippen LogP contribution in [0.15, 0.2) is 75.5 Å². The minimum atomic E-state index is -0.516. The molecule has 0 saturated carbocycles. The molecule has 2 heterocycles. The van der Waals surface area contributed by atoms with Crippen LogP contribution in [0.1, 0.15) is 61.6 Å². The summed E-state index contributed by atoms with van der Waals surface area (Å²) in [6.07, 6.45) is 1.77. The van der Waals surface area contributed by atoms with E-state index in [0.717, 1.165) is 22.5 Å². The number of rotatable bonds is 7. The Hall–Kier alpha value is -3.94. The number of allylic oxidation sites excluding steroid dienone is 3. The number of amides is 1. The number of hydrogen-bond acceptors (Lipinski definition) is 9. The first kappa shape index (κ1) is 27.6. The highest BCUT2D eigenvalue weighted by Crippen LogP contribution is 2.47. The van der Waals surface area contributed by atoms with E-state index in [9.17, 15) is 14.9 Å². The number of carbonyl (C=O) groups is 2. The number of benzene rings is 2. The number of nitrogens with one attached hydrogen (secondary N) is 1. The van der Waals surface area contributed by atoms with Gasteiger partial charge in [0.25, 0.3) is 0 Å². The molecule has 2 aromatic carbocycles. The van der Waals surface area contributed by atoms with Crippen molar-refractivity contribution in [3.63, 3.8) is 0 Å². The molecule has 0 bridgehead atoms. The number of ketones is 1. The summed E-state index contributed by atoms with van der Waals surface area (Å²) < 4.78 is 0.594. The van der Waals surface area contributed by atoms with E-state index < -0.39 is 5.92 Å². The van der Waals surface area contributed by atoms with Gasteiger partial charge >= 0.3 is 0 Å². The lowest BCUT2D eigenvalue weighted by Crippen LogP contribution is -2.38. The second-order valence-electron chi connectivity index (χ2n) is 10.2. The van der Waals surface area contributed by atoms with Crippen molar-refractivity contribution in [2.75, 3.05) is 16.0 Å². The van der Waals surface area contributed by atoms with Gasteiger partial charge in [0.05, 0.1) is 23.3 Å². The van der Waals surface area contributed by atoms with Gasteiger partial charge in [-0.1, -0.05) is 73.3 Å². The average molecular weight is 571 g/mol. The molecule has 1 aromatic heterocycles. The lowest BCUT2D eigenvalue weighted by Gasteiger charge is -2.38. The minimum Gasteiger partial charge on any atom is -0.384 e. The van der Waals surface area contributed by atoms with Gasteiger partial charge in [0.1, 0.15) is 5.82 Å². The molecule has 1 aliphatic heterocycles. The van der Waals surface area contributed by atoms with Crippen LogP contribution in [-0.2, 0) is 9.59 Å². The molecule has 1 amide bonds. The lowest BCUT2D eigenvalue weighted by atomic mass is 9.75. The van der Waals surface area contributed by atoms with E-state index in [2.05, 4.69) is 47.6 Å². The van der Waals surface area contributed by atoms with Gasteiger partial charge < -0.3 is 11.1 Å². The molecule has 3 N–H and O–H groups in total. The first-order chi connectivity index (χ1) is 19.3. The van der Waals surface area contributed by atoms with Crippen molar-refractivity contribution in [2.24, 2.45) is 5.73 Å². The number of thioether (sulfide) groups is 1. The number of nitrogens with two attached hydrogens (primary N) is 1. The maximum Gasteiger partial charge on any atom is 0.234 e. The van der Waals surface area contributed by atoms with Crippen molar-refractivity contribution in [2.45, 2.75) is 56.2 Å². The summed E-state index contributed by atoms with van der Waals surface area (Å²) >= 11 is 2.56. The molecular weight excluding hydrogens is 541 g/mol. The molecule has 0 saturated heterocycles. The van der Waals surface area contributed by atoms with E-state index in [-0.39, 0.29) is 23.3 Å². The predicted molar refractivity (Wildman–Crippen MR) is 159 cm³/mol. The highest BCUT2D eigenvalue weighted by Gasteiger charge is 2.41. The molecule has 2 aliphatic rings. The number of hydrogen-bond donors (Lipinski definition) is 2. The van der Waals surface area contributed by atoms with Crippen molar-refractivity contribution in [3.8, 4) is 6.07 Å². The summed E-state index contributed by atoms with van der Waals surface area (Å²) in [5, 5.41) is 22.2. The quantitative estimate of drug-likeness (QED) is 0.331. The second-order valence-corrected chi connectivity index (χ2v) is 12.4. The molecule has 1 unspecified atom stereocenters. The van der Waals surface area contributed by atoms with Crippen molar-refractivity contribution in [1.82, 2.24) is 10.2 Å². The van der Waals surface area contributed by atoms with Crippen LogP contribution in [0.4, 0.5) is 10.8 Å². The molecule has 204 valence electrons. The van der Waals surface area contributed by atoms with Gasteiger partial charge in [-0.3, -0.25) is 14.5 Å². The highest BCUT2D eigenvalue weighted by molar-refractivity contribution is 8.01. The van der Waals surface area contributed by atoms with Gasteiger partial charge in [-0.15, -0.1) is 10.2 Å². The summed E-state index contributed by atoms with van der Waals surface area (Å²) in [6, 6.07) is 18.0. The normalized spacial score (nSPS) is 17.2. The molecule has 40 heavy (non-hydrogen) atoms. The van der Waals surface area contributed by atoms with Gasteiger partial charge in [-0.25, -0.2) is 0 Å². The van der Waals surface area contributed by atoms with Crippen LogP contribution < -0.4 is 16.0 Å². The standard InChI is InChI=1S/C30H30N6O2S2/c1-17(2)19-10-12-20(13-11-19)26-22(15-31)28(32)36(23-8-5-9-24(37)27(23)26)29-34-35-30(40-29)39-16-25(38)33-21-7-4-6-18(3)14-21/h4,6-7,10-14,17,26H,5,8-9,16,32H2,1-3H3,(H,33,38). The third-order valence-corrected chi connectivity index (χ3v) is 9.11. The van der Waals surface area contributed by atoms with Crippen LogP contribution in [0.2, 0.25) is 0 Å². The Morgan fingerprint density at radius 2 is 2.00 bits per heavy atom. The fraction of sp³-hybridized carbons (Fsp3) is 0.300. The Labute approximate surface area is 242 Å². The fourth-order valence-electron chi connectivity index (χ4n) is 5.11. The van der Waals surface area contributed by atoms with Crippen LogP contribution in [0.25, 0.3) is 0 Å². The summed E-state index contributed by atoms with van der Waals surface area (Å²) in [5.41, 5.74) is 12.2. The fourth-order valence-corrected chi connectivity index (χ4v) is 6.79. The zero-order chi connectivity index (χ0) is 28.4. The monoisotopic (exact) mass is 570 g/mol. The molecule has 1 aliphatic carbocycles. The molecule has 3 aromatic rings. The van der Waals surface area contributed by atoms with Crippen molar-refractivity contribution in [1.29, 1.82) is 5.26 Å². The molecule has 5 rings (SSSR count). The predicted octanol–water partition coefficient (Wildman–Crippen LogP) is 6.01. The molecule has 0 radical (unpaired) electrons. The second kappa shape index (κ2) is 11.7. The molecule has 0 fully saturated rings. The zero-order valence-corrected chi connectivity index (χ0v) is 24.2. The molecule has 8 nitrogen and oxygen atoms in total. The summed E-state index contributed by atoms with van der Waals surface area (Å²) in [4.78, 5) is 27.6. The number of Topliss-reactive ketones (excluding diaryl/α,β-unsaturated/α-hetero) is 1. The zero-order valence-electron chi connectivity index (χ0n) is 22.6. The smallest absolute Gasteiger partial charge is 0.234 e. The maximum absolute atomic E-state index is 13.3. The Morgan fingerprint density at radius 1 is 1.23 bits per heavy atom. The van der Waals surface area contributed by atoms with E-state index in [1.165, 1.54) is 28.7 Å². The summed E-state index contributed by atoms with van der Waals surface area (Å²) in [7, 11) is 0. The third kappa shape index (κ3) is 5.53. The largest absolute Gasteiger partial charge is 0.384 e. The molecule has 10 heteroatoms. The summed E-state index contributed by atoms with van der Waals surface area (Å²) in [6.45, 7) is 6.22. The van der Waals surface area contributed by atoms with Crippen molar-refractivity contribution in [3.05, 3.63) is 87.9 Å². The van der Waals surface area contributed by atoms with Gasteiger partial charge in [-0.05, 0) is 54.5 Å². The molecular formula is C30H30N6O2S2. The van der Waals surface area contributed by atoms with Crippen LogP contribution in [0.3, 0.4) is 0 Å². The van der Waals surface area contributed by atoms with Gasteiger partial charge in [0.15, 0.2) is 10.1 Å². The van der Waals surface area contributed by atoms with Gasteiger partial charge in [0.2, 0.25) is 11.0 Å². The Morgan fingerprint density at radius 3 is 2.70 bits per heavy atom. The van der Waals surface area contributed by atoms with Crippen LogP contribution >= 0.6 is 23.1 Å². The van der Waals surface area contributed by atoms with Gasteiger partial charge in [0, 0.05) is 23.4 Å². The number of nitrogens with zero attached hydrogens (tertiary/aromatic N) is 4. The maximum atomic E-state index is 13.3. The van der Waals surface area contributed by atoms with E-state index in [1.807, 2.05) is 43.3 Å². The van der Waals surface area contributed by atoms with Crippen LogP contribution in [0, 0.1) is 18.3 Å². The number of aryl methyl sites for hydroxylation is 1. The minimum absolute atomic E-state index is 0.0244. The average Bonchev–Trinajstić information content (AvgIpc) is 3.40. The lowest BCUT2D eigenvalue weighted by molar-refractivity contribution is -0.116. The molecule has 1 atom stereocenters. The topological polar surface area (TPSA) is 125 Å². The van der Waals surface area contributed by atoms with E-state index in [1.54, 1.807) is 4.90 Å². The number of aromatic nitrogens is 2.